The van der Waals surface area contributed by atoms with Gasteiger partial charge in [-0.1, -0.05) is 43.5 Å². The SMILES string of the molecule is O=C(O)c1ccc2c(C3CCCCC3)c3n(c2c1)CCN(CCC1CCCNC1)c1ccccc1-3. The molecule has 184 valence electrons. The van der Waals surface area contributed by atoms with Gasteiger partial charge in [0, 0.05) is 41.8 Å². The average molecular weight is 472 g/mol. The molecule has 2 fully saturated rings. The minimum absolute atomic E-state index is 0.382. The topological polar surface area (TPSA) is 57.5 Å². The first kappa shape index (κ1) is 22.7. The van der Waals surface area contributed by atoms with E-state index in [1.807, 2.05) is 6.07 Å². The molecule has 1 aromatic heterocycles. The highest BCUT2D eigenvalue weighted by Crippen LogP contribution is 2.47. The molecule has 1 unspecified atom stereocenters. The molecule has 0 radical (unpaired) electrons. The van der Waals surface area contributed by atoms with Crippen molar-refractivity contribution >= 4 is 22.6 Å². The second-order valence-corrected chi connectivity index (χ2v) is 10.8. The van der Waals surface area contributed by atoms with Crippen LogP contribution in [0.15, 0.2) is 42.5 Å². The first-order valence-electron chi connectivity index (χ1n) is 13.6. The van der Waals surface area contributed by atoms with Crippen molar-refractivity contribution in [2.45, 2.75) is 63.8 Å². The van der Waals surface area contributed by atoms with Crippen LogP contribution in [0, 0.1) is 5.92 Å². The molecule has 2 N–H and O–H groups in total. The molecule has 35 heavy (non-hydrogen) atoms. The lowest BCUT2D eigenvalue weighted by Gasteiger charge is -2.29. The number of carbonyl (C=O) groups is 1. The second-order valence-electron chi connectivity index (χ2n) is 10.8. The van der Waals surface area contributed by atoms with E-state index in [1.54, 1.807) is 6.07 Å². The number of para-hydroxylation sites is 1. The number of anilines is 1. The first-order valence-corrected chi connectivity index (χ1v) is 13.6. The zero-order chi connectivity index (χ0) is 23.8. The molecule has 1 saturated carbocycles. The molecule has 1 saturated heterocycles. The lowest BCUT2D eigenvalue weighted by molar-refractivity contribution is 0.0697. The summed E-state index contributed by atoms with van der Waals surface area (Å²) in [5.74, 6) is 0.458. The van der Waals surface area contributed by atoms with Crippen LogP contribution in [0.25, 0.3) is 22.2 Å². The summed E-state index contributed by atoms with van der Waals surface area (Å²) in [6.45, 7) is 5.22. The van der Waals surface area contributed by atoms with Gasteiger partial charge in [-0.05, 0) is 80.8 Å². The fourth-order valence-corrected chi connectivity index (χ4v) is 6.87. The fraction of sp³-hybridized carbons (Fsp3) is 0.500. The monoisotopic (exact) mass is 471 g/mol. The Bertz CT molecular complexity index is 1220. The molecule has 5 heteroatoms. The van der Waals surface area contributed by atoms with Crippen LogP contribution in [0.3, 0.4) is 0 Å². The molecule has 0 spiro atoms. The zero-order valence-electron chi connectivity index (χ0n) is 20.6. The average Bonchev–Trinajstić information content (AvgIpc) is 3.14. The van der Waals surface area contributed by atoms with Crippen LogP contribution in [-0.2, 0) is 6.54 Å². The number of aromatic carboxylic acids is 1. The number of hydrogen-bond donors (Lipinski definition) is 2. The predicted molar refractivity (Wildman–Crippen MR) is 143 cm³/mol. The molecule has 3 aromatic rings. The number of carboxylic acids is 1. The van der Waals surface area contributed by atoms with E-state index in [-0.39, 0.29) is 0 Å². The van der Waals surface area contributed by atoms with Gasteiger partial charge in [0.2, 0.25) is 0 Å². The van der Waals surface area contributed by atoms with Crippen molar-refractivity contribution in [3.05, 3.63) is 53.6 Å². The third-order valence-electron chi connectivity index (χ3n) is 8.66. The summed E-state index contributed by atoms with van der Waals surface area (Å²) in [5.41, 5.74) is 6.93. The Kier molecular flexibility index (Phi) is 6.28. The van der Waals surface area contributed by atoms with E-state index < -0.39 is 5.97 Å². The van der Waals surface area contributed by atoms with Gasteiger partial charge in [0.25, 0.3) is 0 Å². The van der Waals surface area contributed by atoms with Crippen LogP contribution in [0.5, 0.6) is 0 Å². The van der Waals surface area contributed by atoms with Crippen LogP contribution >= 0.6 is 0 Å². The molecule has 0 amide bonds. The van der Waals surface area contributed by atoms with Gasteiger partial charge in [-0.25, -0.2) is 4.79 Å². The Hall–Kier alpha value is -2.79. The van der Waals surface area contributed by atoms with Crippen molar-refractivity contribution in [3.63, 3.8) is 0 Å². The highest BCUT2D eigenvalue weighted by molar-refractivity contribution is 5.99. The van der Waals surface area contributed by atoms with Gasteiger partial charge >= 0.3 is 5.97 Å². The van der Waals surface area contributed by atoms with Crippen molar-refractivity contribution < 1.29 is 9.90 Å². The summed E-state index contributed by atoms with van der Waals surface area (Å²) in [5, 5.41) is 14.6. The molecule has 5 nitrogen and oxygen atoms in total. The number of rotatable bonds is 5. The third-order valence-corrected chi connectivity index (χ3v) is 8.66. The number of nitrogens with one attached hydrogen (secondary N) is 1. The van der Waals surface area contributed by atoms with Gasteiger partial charge in [0.15, 0.2) is 0 Å². The highest BCUT2D eigenvalue weighted by atomic mass is 16.4. The lowest BCUT2D eigenvalue weighted by Crippen LogP contribution is -2.34. The largest absolute Gasteiger partial charge is 0.478 e. The van der Waals surface area contributed by atoms with Crippen LogP contribution in [0.4, 0.5) is 5.69 Å². The predicted octanol–water partition coefficient (Wildman–Crippen LogP) is 6.26. The Morgan fingerprint density at radius 3 is 2.66 bits per heavy atom. The summed E-state index contributed by atoms with van der Waals surface area (Å²) in [4.78, 5) is 14.4. The van der Waals surface area contributed by atoms with Gasteiger partial charge in [-0.15, -0.1) is 0 Å². The van der Waals surface area contributed by atoms with E-state index >= 15 is 0 Å². The minimum Gasteiger partial charge on any atom is -0.478 e. The molecule has 1 atom stereocenters. The Morgan fingerprint density at radius 1 is 1.00 bits per heavy atom. The molecule has 1 aliphatic carbocycles. The minimum atomic E-state index is -0.849. The summed E-state index contributed by atoms with van der Waals surface area (Å²) >= 11 is 0. The first-order chi connectivity index (χ1) is 17.2. The number of piperidine rings is 1. The number of fused-ring (bicyclic) bond motifs is 5. The fourth-order valence-electron chi connectivity index (χ4n) is 6.87. The van der Waals surface area contributed by atoms with Crippen LogP contribution in [-0.4, -0.2) is 41.8 Å². The van der Waals surface area contributed by atoms with Crippen molar-refractivity contribution in [2.75, 3.05) is 31.1 Å². The van der Waals surface area contributed by atoms with Gasteiger partial charge in [0.1, 0.15) is 0 Å². The summed E-state index contributed by atoms with van der Waals surface area (Å²) in [7, 11) is 0. The van der Waals surface area contributed by atoms with Gasteiger partial charge in [-0.2, -0.15) is 0 Å². The number of nitrogens with zero attached hydrogens (tertiary/aromatic N) is 2. The molecule has 2 aliphatic heterocycles. The Morgan fingerprint density at radius 2 is 1.86 bits per heavy atom. The molecule has 2 aromatic carbocycles. The number of benzene rings is 2. The molecular weight excluding hydrogens is 434 g/mol. The van der Waals surface area contributed by atoms with Crippen molar-refractivity contribution in [1.82, 2.24) is 9.88 Å². The number of carboxylic acid groups (broad SMARTS) is 1. The van der Waals surface area contributed by atoms with E-state index in [4.69, 9.17) is 0 Å². The zero-order valence-corrected chi connectivity index (χ0v) is 20.6. The second kappa shape index (κ2) is 9.69. The maximum absolute atomic E-state index is 11.9. The van der Waals surface area contributed by atoms with Crippen molar-refractivity contribution in [1.29, 1.82) is 0 Å². The Labute approximate surface area is 208 Å². The Balaban J connectivity index is 1.46. The maximum Gasteiger partial charge on any atom is 0.335 e. The molecule has 3 aliphatic rings. The molecular formula is C30H37N3O2. The smallest absolute Gasteiger partial charge is 0.335 e. The number of hydrogen-bond acceptors (Lipinski definition) is 3. The van der Waals surface area contributed by atoms with Crippen LogP contribution < -0.4 is 10.2 Å². The third kappa shape index (κ3) is 4.24. The maximum atomic E-state index is 11.9. The lowest BCUT2D eigenvalue weighted by atomic mass is 9.81. The molecule has 0 bridgehead atoms. The number of aromatic nitrogens is 1. The molecule has 6 rings (SSSR count). The summed E-state index contributed by atoms with van der Waals surface area (Å²) < 4.78 is 2.45. The van der Waals surface area contributed by atoms with Gasteiger partial charge in [-0.3, -0.25) is 0 Å². The van der Waals surface area contributed by atoms with E-state index in [9.17, 15) is 9.90 Å². The van der Waals surface area contributed by atoms with E-state index in [1.165, 1.54) is 79.3 Å². The molecule has 3 heterocycles. The van der Waals surface area contributed by atoms with Gasteiger partial charge < -0.3 is 19.9 Å². The van der Waals surface area contributed by atoms with E-state index in [2.05, 4.69) is 45.1 Å². The van der Waals surface area contributed by atoms with Gasteiger partial charge in [0.05, 0.1) is 11.3 Å². The van der Waals surface area contributed by atoms with E-state index in [0.717, 1.165) is 44.2 Å². The normalized spacial score (nSPS) is 20.9. The summed E-state index contributed by atoms with van der Waals surface area (Å²) in [6.07, 6.45) is 10.2. The summed E-state index contributed by atoms with van der Waals surface area (Å²) in [6, 6.07) is 14.7. The highest BCUT2D eigenvalue weighted by Gasteiger charge is 2.30. The van der Waals surface area contributed by atoms with Crippen LogP contribution in [0.1, 0.15) is 73.2 Å². The van der Waals surface area contributed by atoms with Crippen LogP contribution in [0.2, 0.25) is 0 Å². The van der Waals surface area contributed by atoms with Crippen molar-refractivity contribution in [3.8, 4) is 11.3 Å². The van der Waals surface area contributed by atoms with E-state index in [0.29, 0.717) is 11.5 Å². The standard InChI is InChI=1S/C30H37N3O2/c34-30(35)23-12-13-24-27(19-23)33-18-17-32(16-14-21-7-6-15-31-20-21)26-11-5-4-10-25(26)29(33)28(24)22-8-2-1-3-9-22/h4-5,10-13,19,21-22,31H,1-3,6-9,14-18,20H2,(H,34,35). The quantitative estimate of drug-likeness (QED) is 0.461. The van der Waals surface area contributed by atoms with Crippen molar-refractivity contribution in [2.24, 2.45) is 5.92 Å².